The van der Waals surface area contributed by atoms with Gasteiger partial charge >= 0.3 is 0 Å². The Bertz CT molecular complexity index is 426. The maximum absolute atomic E-state index is 10.7. The lowest BCUT2D eigenvalue weighted by molar-refractivity contribution is -0.101. The first kappa shape index (κ1) is 13.7. The number of rotatable bonds is 3. The number of hydrogen-bond acceptors (Lipinski definition) is 5. The number of hydrogen-bond donors (Lipinski definition) is 1. The molecule has 2 fully saturated rings. The average molecular weight is 300 g/mol. The molecule has 0 aromatic carbocycles. The topological polar surface area (TPSA) is 38.7 Å². The lowest BCUT2D eigenvalue weighted by Gasteiger charge is -2.39. The van der Waals surface area contributed by atoms with Gasteiger partial charge in [-0.15, -0.1) is 11.3 Å². The largest absolute Gasteiger partial charge is 0.495 e. The second kappa shape index (κ2) is 5.64. The predicted octanol–water partition coefficient (Wildman–Crippen LogP) is 3.09. The first-order chi connectivity index (χ1) is 9.24. The monoisotopic (exact) mass is 300 g/mol. The Kier molecular flexibility index (Phi) is 4.08. The van der Waals surface area contributed by atoms with Crippen LogP contribution in [0.4, 0.5) is 0 Å². The smallest absolute Gasteiger partial charge is 0.135 e. The number of methoxy groups -OCH3 is 1. The normalized spacial score (nSPS) is 32.6. The van der Waals surface area contributed by atoms with Crippen LogP contribution in [0.1, 0.15) is 30.2 Å². The molecule has 1 spiro atoms. The molecule has 3 atom stereocenters. The van der Waals surface area contributed by atoms with Crippen LogP contribution in [0.3, 0.4) is 0 Å². The number of ether oxygens (including phenoxy) is 2. The van der Waals surface area contributed by atoms with Crippen LogP contribution in [-0.4, -0.2) is 35.9 Å². The number of aliphatic hydroxyl groups is 1. The maximum Gasteiger partial charge on any atom is 0.135 e. The fourth-order valence-electron chi connectivity index (χ4n) is 3.11. The standard InChI is InChI=1S/C14H20O3S2/c1-16-11-3-6-19-13(11)12(15)10-2-5-17-14(8-10)4-7-18-9-14/h3,6,10,12,15H,2,4-5,7-9H2,1H3. The second-order valence-corrected chi connectivity index (χ2v) is 7.44. The van der Waals surface area contributed by atoms with E-state index < -0.39 is 6.10 Å². The summed E-state index contributed by atoms with van der Waals surface area (Å²) in [5.74, 6) is 3.38. The summed E-state index contributed by atoms with van der Waals surface area (Å²) in [6.45, 7) is 0.774. The Hall–Kier alpha value is -0.230. The van der Waals surface area contributed by atoms with Crippen molar-refractivity contribution in [2.45, 2.75) is 31.0 Å². The fraction of sp³-hybridized carbons (Fsp3) is 0.714. The number of aliphatic hydroxyl groups excluding tert-OH is 1. The summed E-state index contributed by atoms with van der Waals surface area (Å²) < 4.78 is 11.4. The molecule has 0 bridgehead atoms. The van der Waals surface area contributed by atoms with Gasteiger partial charge in [0.1, 0.15) is 5.75 Å². The third-order valence-corrected chi connectivity index (χ3v) is 6.38. The Labute approximate surface area is 122 Å². The van der Waals surface area contributed by atoms with Crippen molar-refractivity contribution in [3.8, 4) is 5.75 Å². The molecule has 0 aliphatic carbocycles. The molecule has 2 aliphatic heterocycles. The highest BCUT2D eigenvalue weighted by Gasteiger charge is 2.43. The van der Waals surface area contributed by atoms with Crippen LogP contribution in [0, 0.1) is 5.92 Å². The summed E-state index contributed by atoms with van der Waals surface area (Å²) >= 11 is 3.56. The van der Waals surface area contributed by atoms with E-state index in [2.05, 4.69) is 0 Å². The third-order valence-electron chi connectivity index (χ3n) is 4.19. The molecule has 3 nitrogen and oxygen atoms in total. The minimum atomic E-state index is -0.415. The van der Waals surface area contributed by atoms with Gasteiger partial charge in [0.25, 0.3) is 0 Å². The van der Waals surface area contributed by atoms with Crippen molar-refractivity contribution in [1.29, 1.82) is 0 Å². The Morgan fingerprint density at radius 1 is 1.58 bits per heavy atom. The van der Waals surface area contributed by atoms with E-state index in [-0.39, 0.29) is 5.60 Å². The SMILES string of the molecule is COc1ccsc1C(O)C1CCOC2(CCSC2)C1. The third kappa shape index (κ3) is 2.66. The Balaban J connectivity index is 1.74. The zero-order valence-electron chi connectivity index (χ0n) is 11.1. The summed E-state index contributed by atoms with van der Waals surface area (Å²) in [5.41, 5.74) is 0.0268. The highest BCUT2D eigenvalue weighted by Crippen LogP contribution is 2.46. The van der Waals surface area contributed by atoms with Crippen molar-refractivity contribution < 1.29 is 14.6 Å². The second-order valence-electron chi connectivity index (χ2n) is 5.39. The zero-order valence-corrected chi connectivity index (χ0v) is 12.8. The fourth-order valence-corrected chi connectivity index (χ4v) is 5.42. The van der Waals surface area contributed by atoms with Crippen molar-refractivity contribution in [3.05, 3.63) is 16.3 Å². The van der Waals surface area contributed by atoms with Crippen molar-refractivity contribution >= 4 is 23.1 Å². The lowest BCUT2D eigenvalue weighted by atomic mass is 9.82. The van der Waals surface area contributed by atoms with E-state index in [1.807, 2.05) is 23.2 Å². The summed E-state index contributed by atoms with van der Waals surface area (Å²) in [6, 6.07) is 1.93. The maximum atomic E-state index is 10.7. The van der Waals surface area contributed by atoms with Gasteiger partial charge in [0.05, 0.1) is 23.7 Å². The molecule has 0 saturated carbocycles. The lowest BCUT2D eigenvalue weighted by Crippen LogP contribution is -2.41. The predicted molar refractivity (Wildman–Crippen MR) is 79.2 cm³/mol. The van der Waals surface area contributed by atoms with Crippen LogP contribution in [0.5, 0.6) is 5.75 Å². The molecule has 2 aliphatic rings. The first-order valence-corrected chi connectivity index (χ1v) is 8.79. The van der Waals surface area contributed by atoms with Gasteiger partial charge in [0.2, 0.25) is 0 Å². The van der Waals surface area contributed by atoms with Gasteiger partial charge in [-0.25, -0.2) is 0 Å². The molecule has 1 aromatic rings. The van der Waals surface area contributed by atoms with E-state index in [0.29, 0.717) is 5.92 Å². The van der Waals surface area contributed by atoms with Crippen molar-refractivity contribution in [1.82, 2.24) is 0 Å². The molecule has 3 unspecified atom stereocenters. The van der Waals surface area contributed by atoms with Crippen LogP contribution in [0.2, 0.25) is 0 Å². The molecule has 2 saturated heterocycles. The van der Waals surface area contributed by atoms with Gasteiger partial charge in [0.15, 0.2) is 0 Å². The Morgan fingerprint density at radius 3 is 3.21 bits per heavy atom. The van der Waals surface area contributed by atoms with Crippen molar-refractivity contribution in [2.24, 2.45) is 5.92 Å². The highest BCUT2D eigenvalue weighted by atomic mass is 32.2. The van der Waals surface area contributed by atoms with Gasteiger partial charge in [-0.3, -0.25) is 0 Å². The van der Waals surface area contributed by atoms with Gasteiger partial charge in [0, 0.05) is 12.4 Å². The van der Waals surface area contributed by atoms with E-state index in [1.54, 1.807) is 18.4 Å². The van der Waals surface area contributed by atoms with Crippen molar-refractivity contribution in [2.75, 3.05) is 25.2 Å². The molecule has 0 radical (unpaired) electrons. The van der Waals surface area contributed by atoms with Crippen molar-refractivity contribution in [3.63, 3.8) is 0 Å². The molecule has 19 heavy (non-hydrogen) atoms. The summed E-state index contributed by atoms with van der Waals surface area (Å²) in [6.07, 6.45) is 2.63. The van der Waals surface area contributed by atoms with Gasteiger partial charge < -0.3 is 14.6 Å². The van der Waals surface area contributed by atoms with Crippen LogP contribution in [0.15, 0.2) is 11.4 Å². The molecule has 106 valence electrons. The van der Waals surface area contributed by atoms with Gasteiger partial charge in [-0.1, -0.05) is 0 Å². The minimum Gasteiger partial charge on any atom is -0.495 e. The molecule has 5 heteroatoms. The summed E-state index contributed by atoms with van der Waals surface area (Å²) in [4.78, 5) is 0.968. The minimum absolute atomic E-state index is 0.0268. The molecular weight excluding hydrogens is 280 g/mol. The van der Waals surface area contributed by atoms with Crippen LogP contribution in [0.25, 0.3) is 0 Å². The van der Waals surface area contributed by atoms with Crippen LogP contribution < -0.4 is 4.74 Å². The van der Waals surface area contributed by atoms with E-state index >= 15 is 0 Å². The van der Waals surface area contributed by atoms with Crippen LogP contribution in [-0.2, 0) is 4.74 Å². The summed E-state index contributed by atoms with van der Waals surface area (Å²) in [7, 11) is 1.66. The number of thioether (sulfide) groups is 1. The summed E-state index contributed by atoms with van der Waals surface area (Å²) in [5, 5.41) is 12.6. The molecular formula is C14H20O3S2. The highest BCUT2D eigenvalue weighted by molar-refractivity contribution is 7.99. The number of thiophene rings is 1. The van der Waals surface area contributed by atoms with E-state index in [0.717, 1.165) is 42.2 Å². The first-order valence-electron chi connectivity index (χ1n) is 6.75. The quantitative estimate of drug-likeness (QED) is 0.931. The molecule has 3 heterocycles. The molecule has 3 rings (SSSR count). The van der Waals surface area contributed by atoms with Crippen LogP contribution >= 0.6 is 23.1 Å². The van der Waals surface area contributed by atoms with E-state index in [1.165, 1.54) is 5.75 Å². The average Bonchev–Trinajstić information content (AvgIpc) is 3.07. The van der Waals surface area contributed by atoms with E-state index in [9.17, 15) is 5.11 Å². The van der Waals surface area contributed by atoms with E-state index in [4.69, 9.17) is 9.47 Å². The Morgan fingerprint density at radius 2 is 2.47 bits per heavy atom. The van der Waals surface area contributed by atoms with Gasteiger partial charge in [-0.05, 0) is 42.4 Å². The molecule has 1 aromatic heterocycles. The molecule has 1 N–H and O–H groups in total. The van der Waals surface area contributed by atoms with Gasteiger partial charge in [-0.2, -0.15) is 11.8 Å². The zero-order chi connectivity index (χ0) is 13.3. The molecule has 0 amide bonds.